The van der Waals surface area contributed by atoms with Crippen LogP contribution in [0.2, 0.25) is 0 Å². The predicted molar refractivity (Wildman–Crippen MR) is 112 cm³/mol. The molecule has 1 saturated heterocycles. The van der Waals surface area contributed by atoms with E-state index in [1.165, 1.54) is 30.6 Å². The van der Waals surface area contributed by atoms with Crippen molar-refractivity contribution >= 4 is 12.0 Å². The average molecular weight is 404 g/mol. The van der Waals surface area contributed by atoms with E-state index in [-0.39, 0.29) is 17.7 Å². The van der Waals surface area contributed by atoms with Gasteiger partial charge in [-0.3, -0.25) is 4.79 Å². The summed E-state index contributed by atoms with van der Waals surface area (Å²) in [5.41, 5.74) is 0.328. The lowest BCUT2D eigenvalue weighted by Crippen LogP contribution is -2.50. The van der Waals surface area contributed by atoms with Gasteiger partial charge in [-0.05, 0) is 57.8 Å². The fraction of sp³-hybridized carbons (Fsp3) is 0.783. The summed E-state index contributed by atoms with van der Waals surface area (Å²) in [6.45, 7) is 11.3. The largest absolute Gasteiger partial charge is 0.443 e. The van der Waals surface area contributed by atoms with Crippen LogP contribution in [0.3, 0.4) is 0 Å². The van der Waals surface area contributed by atoms with Gasteiger partial charge in [0, 0.05) is 31.6 Å². The molecule has 6 heteroatoms. The van der Waals surface area contributed by atoms with Crippen molar-refractivity contribution in [3.8, 4) is 0 Å². The topological polar surface area (TPSA) is 64.4 Å². The Balaban J connectivity index is 1.59. The van der Waals surface area contributed by atoms with E-state index in [4.69, 9.17) is 4.74 Å². The second-order valence-corrected chi connectivity index (χ2v) is 10.4. The van der Waals surface area contributed by atoms with Crippen molar-refractivity contribution < 1.29 is 14.3 Å². The molecule has 1 aliphatic carbocycles. The molecule has 1 aliphatic heterocycles. The third-order valence-electron chi connectivity index (χ3n) is 6.16. The minimum atomic E-state index is -0.608. The van der Waals surface area contributed by atoms with Crippen LogP contribution in [0.25, 0.3) is 0 Å². The summed E-state index contributed by atoms with van der Waals surface area (Å²) in [5.74, 6) is 1.50. The molecule has 1 aromatic heterocycles. The Morgan fingerprint density at radius 2 is 1.86 bits per heavy atom. The number of hydrogen-bond acceptors (Lipinski definition) is 4. The van der Waals surface area contributed by atoms with Crippen LogP contribution in [-0.2, 0) is 22.5 Å². The van der Waals surface area contributed by atoms with Crippen LogP contribution in [0.4, 0.5) is 4.79 Å². The SMILES string of the molecule is CC1CCC(Cn2cnc(C[C@@H]3C[C@H](C)CN(C(=O)OC(C)(C)C)C3=O)c2)CC1. The van der Waals surface area contributed by atoms with Gasteiger partial charge in [-0.15, -0.1) is 0 Å². The van der Waals surface area contributed by atoms with E-state index in [0.717, 1.165) is 30.5 Å². The Morgan fingerprint density at radius 3 is 2.52 bits per heavy atom. The summed E-state index contributed by atoms with van der Waals surface area (Å²) in [7, 11) is 0. The fourth-order valence-electron chi connectivity index (χ4n) is 4.61. The third-order valence-corrected chi connectivity index (χ3v) is 6.16. The molecule has 2 aliphatic rings. The molecule has 29 heavy (non-hydrogen) atoms. The van der Waals surface area contributed by atoms with Crippen LogP contribution < -0.4 is 0 Å². The molecule has 6 nitrogen and oxygen atoms in total. The number of likely N-dealkylation sites (tertiary alicyclic amines) is 1. The molecule has 2 fully saturated rings. The maximum Gasteiger partial charge on any atom is 0.417 e. The Bertz CT molecular complexity index is 713. The van der Waals surface area contributed by atoms with Crippen LogP contribution in [0.15, 0.2) is 12.5 Å². The van der Waals surface area contributed by atoms with Crippen LogP contribution >= 0.6 is 0 Å². The van der Waals surface area contributed by atoms with Crippen LogP contribution in [0, 0.1) is 23.7 Å². The normalized spacial score (nSPS) is 28.4. The number of imide groups is 1. The van der Waals surface area contributed by atoms with Crippen molar-refractivity contribution in [1.82, 2.24) is 14.5 Å². The average Bonchev–Trinajstić information content (AvgIpc) is 3.05. The molecule has 0 N–H and O–H groups in total. The molecule has 0 aromatic carbocycles. The lowest BCUT2D eigenvalue weighted by atomic mass is 9.83. The monoisotopic (exact) mass is 403 g/mol. The molecule has 2 amide bonds. The van der Waals surface area contributed by atoms with Crippen molar-refractivity contribution in [1.29, 1.82) is 0 Å². The van der Waals surface area contributed by atoms with Crippen molar-refractivity contribution in [2.45, 2.75) is 85.3 Å². The Kier molecular flexibility index (Phi) is 6.69. The molecule has 162 valence electrons. The number of amides is 2. The fourth-order valence-corrected chi connectivity index (χ4v) is 4.61. The molecule has 1 saturated carbocycles. The molecule has 0 bridgehead atoms. The number of aromatic nitrogens is 2. The third kappa shape index (κ3) is 6.06. The first-order chi connectivity index (χ1) is 13.6. The number of carbonyl (C=O) groups excluding carboxylic acids is 2. The number of nitrogens with zero attached hydrogens (tertiary/aromatic N) is 3. The van der Waals surface area contributed by atoms with Gasteiger partial charge in [0.1, 0.15) is 5.60 Å². The van der Waals surface area contributed by atoms with Gasteiger partial charge >= 0.3 is 6.09 Å². The van der Waals surface area contributed by atoms with Gasteiger partial charge in [0.15, 0.2) is 0 Å². The van der Waals surface area contributed by atoms with E-state index in [1.807, 2.05) is 27.1 Å². The predicted octanol–water partition coefficient (Wildman–Crippen LogP) is 4.67. The van der Waals surface area contributed by atoms with Crippen LogP contribution in [0.1, 0.15) is 72.4 Å². The number of imidazole rings is 1. The van der Waals surface area contributed by atoms with Crippen molar-refractivity contribution in [3.05, 3.63) is 18.2 Å². The quantitative estimate of drug-likeness (QED) is 0.733. The Morgan fingerprint density at radius 1 is 1.17 bits per heavy atom. The summed E-state index contributed by atoms with van der Waals surface area (Å²) < 4.78 is 7.62. The van der Waals surface area contributed by atoms with Crippen molar-refractivity contribution in [3.63, 3.8) is 0 Å². The minimum Gasteiger partial charge on any atom is -0.443 e. The molecule has 2 heterocycles. The van der Waals surface area contributed by atoms with Gasteiger partial charge < -0.3 is 9.30 Å². The highest BCUT2D eigenvalue weighted by Crippen LogP contribution is 2.30. The lowest BCUT2D eigenvalue weighted by molar-refractivity contribution is -0.138. The van der Waals surface area contributed by atoms with Gasteiger partial charge in [0.25, 0.3) is 0 Å². The molecule has 1 aromatic rings. The highest BCUT2D eigenvalue weighted by atomic mass is 16.6. The highest BCUT2D eigenvalue weighted by molar-refractivity contribution is 5.94. The van der Waals surface area contributed by atoms with Crippen molar-refractivity contribution in [2.24, 2.45) is 23.7 Å². The summed E-state index contributed by atoms with van der Waals surface area (Å²) in [4.78, 5) is 31.3. The zero-order valence-electron chi connectivity index (χ0n) is 18.7. The van der Waals surface area contributed by atoms with Crippen molar-refractivity contribution in [2.75, 3.05) is 6.54 Å². The van der Waals surface area contributed by atoms with E-state index in [1.54, 1.807) is 0 Å². The maximum atomic E-state index is 12.9. The molecule has 0 spiro atoms. The van der Waals surface area contributed by atoms with E-state index < -0.39 is 11.7 Å². The first-order valence-corrected chi connectivity index (χ1v) is 11.2. The summed E-state index contributed by atoms with van der Waals surface area (Å²) in [6, 6.07) is 0. The zero-order valence-corrected chi connectivity index (χ0v) is 18.7. The number of ether oxygens (including phenoxy) is 1. The molecular weight excluding hydrogens is 366 g/mol. The smallest absolute Gasteiger partial charge is 0.417 e. The molecule has 0 radical (unpaired) electrons. The standard InChI is InChI=1S/C23H37N3O3/c1-16-6-8-18(9-7-16)13-25-14-20(24-15-25)11-19-10-17(2)12-26(21(19)27)22(28)29-23(3,4)5/h14-19H,6-13H2,1-5H3/t16?,17-,18?,19-/m0/s1. The van der Waals surface area contributed by atoms with E-state index in [2.05, 4.69) is 29.6 Å². The maximum absolute atomic E-state index is 12.9. The lowest BCUT2D eigenvalue weighted by Gasteiger charge is -2.35. The molecule has 3 rings (SSSR count). The molecule has 2 atom stereocenters. The first-order valence-electron chi connectivity index (χ1n) is 11.2. The Labute approximate surface area is 175 Å². The van der Waals surface area contributed by atoms with E-state index in [9.17, 15) is 9.59 Å². The Hall–Kier alpha value is -1.85. The summed E-state index contributed by atoms with van der Waals surface area (Å²) >= 11 is 0. The second kappa shape index (κ2) is 8.88. The minimum absolute atomic E-state index is 0.131. The van der Waals surface area contributed by atoms with Gasteiger partial charge in [-0.1, -0.05) is 26.7 Å². The van der Waals surface area contributed by atoms with Gasteiger partial charge in [-0.2, -0.15) is 0 Å². The molecular formula is C23H37N3O3. The number of piperidine rings is 1. The zero-order chi connectivity index (χ0) is 21.2. The highest BCUT2D eigenvalue weighted by Gasteiger charge is 2.38. The van der Waals surface area contributed by atoms with Crippen LogP contribution in [0.5, 0.6) is 0 Å². The van der Waals surface area contributed by atoms with Gasteiger partial charge in [-0.25, -0.2) is 14.7 Å². The molecule has 0 unspecified atom stereocenters. The number of rotatable bonds is 4. The van der Waals surface area contributed by atoms with Gasteiger partial charge in [0.2, 0.25) is 5.91 Å². The van der Waals surface area contributed by atoms with Gasteiger partial charge in [0.05, 0.1) is 12.0 Å². The number of carbonyl (C=O) groups is 2. The van der Waals surface area contributed by atoms with E-state index >= 15 is 0 Å². The summed E-state index contributed by atoms with van der Waals surface area (Å²) in [6.07, 6.45) is 10.0. The first kappa shape index (κ1) is 21.8. The van der Waals surface area contributed by atoms with Crippen LogP contribution in [-0.4, -0.2) is 38.6 Å². The summed E-state index contributed by atoms with van der Waals surface area (Å²) in [5, 5.41) is 0. The second-order valence-electron chi connectivity index (χ2n) is 10.4. The number of hydrogen-bond donors (Lipinski definition) is 0. The van der Waals surface area contributed by atoms with E-state index in [0.29, 0.717) is 13.0 Å².